The fourth-order valence-corrected chi connectivity index (χ4v) is 5.52. The molecule has 4 heterocycles. The van der Waals surface area contributed by atoms with Gasteiger partial charge in [0, 0.05) is 50.6 Å². The van der Waals surface area contributed by atoms with Gasteiger partial charge in [0.05, 0.1) is 4.88 Å². The van der Waals surface area contributed by atoms with Crippen LogP contribution < -0.4 is 5.32 Å². The largest absolute Gasteiger partial charge is 0.344 e. The van der Waals surface area contributed by atoms with E-state index in [1.165, 1.54) is 0 Å². The van der Waals surface area contributed by atoms with Gasteiger partial charge in [0.15, 0.2) is 0 Å². The van der Waals surface area contributed by atoms with E-state index in [0.29, 0.717) is 22.3 Å². The van der Waals surface area contributed by atoms with Crippen molar-refractivity contribution in [3.05, 3.63) is 64.5 Å². The molecule has 0 aliphatic carbocycles. The topological polar surface area (TPSA) is 70.7 Å². The van der Waals surface area contributed by atoms with Gasteiger partial charge in [0.1, 0.15) is 11.6 Å². The average molecular weight is 455 g/mol. The number of benzene rings is 1. The van der Waals surface area contributed by atoms with E-state index in [-0.39, 0.29) is 11.8 Å². The molecule has 1 aliphatic heterocycles. The van der Waals surface area contributed by atoms with Gasteiger partial charge in [0.25, 0.3) is 0 Å². The second kappa shape index (κ2) is 7.54. The van der Waals surface area contributed by atoms with Crippen LogP contribution in [0, 0.1) is 5.92 Å². The summed E-state index contributed by atoms with van der Waals surface area (Å²) in [6, 6.07) is 9.36. The molecule has 0 radical (unpaired) electrons. The van der Waals surface area contributed by atoms with E-state index in [9.17, 15) is 4.79 Å². The summed E-state index contributed by atoms with van der Waals surface area (Å²) in [7, 11) is 0. The van der Waals surface area contributed by atoms with Crippen LogP contribution >= 0.6 is 34.5 Å². The minimum atomic E-state index is -0.247. The van der Waals surface area contributed by atoms with Crippen LogP contribution in [0.15, 0.2) is 48.9 Å². The molecular formula is C22H16Cl2N4OS. The van der Waals surface area contributed by atoms with Crippen molar-refractivity contribution in [1.29, 1.82) is 0 Å². The van der Waals surface area contributed by atoms with Gasteiger partial charge in [-0.15, -0.1) is 11.3 Å². The van der Waals surface area contributed by atoms with Crippen LogP contribution in [0.25, 0.3) is 32.3 Å². The number of nitrogens with one attached hydrogen (secondary N) is 2. The number of H-pyrrole nitrogens is 1. The van der Waals surface area contributed by atoms with E-state index in [2.05, 4.69) is 20.3 Å². The van der Waals surface area contributed by atoms with Crippen molar-refractivity contribution in [2.75, 3.05) is 5.32 Å². The van der Waals surface area contributed by atoms with Crippen molar-refractivity contribution < 1.29 is 4.79 Å². The number of anilines is 1. The van der Waals surface area contributed by atoms with Crippen molar-refractivity contribution >= 4 is 46.3 Å². The normalized spacial score (nSPS) is 15.7. The van der Waals surface area contributed by atoms with E-state index >= 15 is 0 Å². The number of thiophene rings is 1. The average Bonchev–Trinajstić information content (AvgIpc) is 3.36. The van der Waals surface area contributed by atoms with E-state index in [1.54, 1.807) is 36.0 Å². The first-order valence-electron chi connectivity index (χ1n) is 9.39. The second-order valence-electron chi connectivity index (χ2n) is 7.20. The Hall–Kier alpha value is -2.67. The number of aromatic amines is 1. The highest BCUT2D eigenvalue weighted by atomic mass is 35.5. The molecule has 5 rings (SSSR count). The third-order valence-electron chi connectivity index (χ3n) is 5.15. The number of rotatable bonds is 2. The van der Waals surface area contributed by atoms with E-state index < -0.39 is 0 Å². The second-order valence-corrected chi connectivity index (χ2v) is 9.06. The van der Waals surface area contributed by atoms with Gasteiger partial charge >= 0.3 is 0 Å². The highest BCUT2D eigenvalue weighted by molar-refractivity contribution is 7.19. The van der Waals surface area contributed by atoms with E-state index in [1.807, 2.05) is 31.2 Å². The molecule has 0 saturated heterocycles. The van der Waals surface area contributed by atoms with Crippen LogP contribution in [0.1, 0.15) is 12.5 Å². The maximum absolute atomic E-state index is 12.7. The van der Waals surface area contributed by atoms with Crippen molar-refractivity contribution in [3.63, 3.8) is 0 Å². The standard InChI is InChI=1S/C22H16Cl2N4OS/c1-11-8-15-18(14-3-2-13(23)10-16(14)24)20(21-26-6-7-27-21)30-19(15)12-4-5-25-17(9-12)28-22(11)29/h2-7,9-11H,8H2,1H3,(H,26,27)(H,25,28,29). The molecule has 1 aliphatic rings. The van der Waals surface area contributed by atoms with Gasteiger partial charge in [-0.1, -0.05) is 36.2 Å². The fourth-order valence-electron chi connectivity index (χ4n) is 3.71. The first kappa shape index (κ1) is 19.3. The molecule has 2 N–H and O–H groups in total. The van der Waals surface area contributed by atoms with Crippen LogP contribution in [0.5, 0.6) is 0 Å². The van der Waals surface area contributed by atoms with Crippen molar-refractivity contribution in [3.8, 4) is 32.3 Å². The number of carbonyl (C=O) groups is 1. The maximum atomic E-state index is 12.7. The molecule has 30 heavy (non-hydrogen) atoms. The number of imidazole rings is 1. The highest BCUT2D eigenvalue weighted by Crippen LogP contribution is 2.49. The van der Waals surface area contributed by atoms with Crippen LogP contribution in [0.3, 0.4) is 0 Å². The molecule has 150 valence electrons. The number of carbonyl (C=O) groups excluding carboxylic acids is 1. The lowest BCUT2D eigenvalue weighted by atomic mass is 9.91. The van der Waals surface area contributed by atoms with Crippen LogP contribution in [0.4, 0.5) is 5.82 Å². The molecule has 8 heteroatoms. The Labute approximate surface area is 187 Å². The Morgan fingerprint density at radius 3 is 2.73 bits per heavy atom. The third kappa shape index (κ3) is 3.31. The number of amides is 1. The summed E-state index contributed by atoms with van der Waals surface area (Å²) >= 11 is 14.4. The molecule has 0 spiro atoms. The lowest BCUT2D eigenvalue weighted by Crippen LogP contribution is -2.22. The lowest BCUT2D eigenvalue weighted by molar-refractivity contribution is -0.119. The number of hydrogen-bond acceptors (Lipinski definition) is 4. The van der Waals surface area contributed by atoms with Crippen LogP contribution in [0.2, 0.25) is 10.0 Å². The van der Waals surface area contributed by atoms with E-state index in [0.717, 1.165) is 37.8 Å². The fraction of sp³-hybridized carbons (Fsp3) is 0.136. The summed E-state index contributed by atoms with van der Waals surface area (Å²) in [6.07, 6.45) is 5.80. The first-order valence-corrected chi connectivity index (χ1v) is 11.0. The first-order chi connectivity index (χ1) is 14.5. The molecule has 0 saturated carbocycles. The lowest BCUT2D eigenvalue weighted by Gasteiger charge is -2.14. The SMILES string of the molecule is CC1Cc2c(sc(-c3ncc[nH]3)c2-c2ccc(Cl)cc2Cl)-c2ccnc(c2)NC1=O. The molecule has 0 fully saturated rings. The minimum absolute atomic E-state index is 0.0635. The van der Waals surface area contributed by atoms with Crippen molar-refractivity contribution in [2.24, 2.45) is 5.92 Å². The molecule has 3 aromatic heterocycles. The Bertz CT molecular complexity index is 1270. The number of halogens is 2. The number of aromatic nitrogens is 3. The summed E-state index contributed by atoms with van der Waals surface area (Å²) < 4.78 is 0. The summed E-state index contributed by atoms with van der Waals surface area (Å²) in [5.41, 5.74) is 3.91. The smallest absolute Gasteiger partial charge is 0.228 e. The predicted molar refractivity (Wildman–Crippen MR) is 122 cm³/mol. The third-order valence-corrected chi connectivity index (χ3v) is 6.99. The summed E-state index contributed by atoms with van der Waals surface area (Å²) in [5.74, 6) is 1.00. The molecule has 1 aromatic carbocycles. The molecule has 1 amide bonds. The highest BCUT2D eigenvalue weighted by Gasteiger charge is 2.28. The monoisotopic (exact) mass is 454 g/mol. The minimum Gasteiger partial charge on any atom is -0.344 e. The zero-order valence-electron chi connectivity index (χ0n) is 15.9. The number of hydrogen-bond donors (Lipinski definition) is 2. The summed E-state index contributed by atoms with van der Waals surface area (Å²) in [4.78, 5) is 26.8. The Morgan fingerprint density at radius 1 is 1.10 bits per heavy atom. The van der Waals surface area contributed by atoms with Gasteiger partial charge < -0.3 is 10.3 Å². The van der Waals surface area contributed by atoms with Crippen LogP contribution in [-0.2, 0) is 11.2 Å². The van der Waals surface area contributed by atoms with Crippen molar-refractivity contribution in [2.45, 2.75) is 13.3 Å². The molecule has 2 bridgehead atoms. The summed E-state index contributed by atoms with van der Waals surface area (Å²) in [5, 5.41) is 4.04. The van der Waals surface area contributed by atoms with Crippen LogP contribution in [-0.4, -0.2) is 20.9 Å². The van der Waals surface area contributed by atoms with Gasteiger partial charge in [-0.25, -0.2) is 9.97 Å². The van der Waals surface area contributed by atoms with Gasteiger partial charge in [0.2, 0.25) is 5.91 Å². The summed E-state index contributed by atoms with van der Waals surface area (Å²) in [6.45, 7) is 1.92. The van der Waals surface area contributed by atoms with Crippen molar-refractivity contribution in [1.82, 2.24) is 15.0 Å². The van der Waals surface area contributed by atoms with Gasteiger partial charge in [-0.3, -0.25) is 4.79 Å². The quantitative estimate of drug-likeness (QED) is 0.372. The predicted octanol–water partition coefficient (Wildman–Crippen LogP) is 6.30. The number of pyridine rings is 1. The Balaban J connectivity index is 1.85. The van der Waals surface area contributed by atoms with Gasteiger partial charge in [-0.05, 0) is 41.8 Å². The Kier molecular flexibility index (Phi) is 4.85. The van der Waals surface area contributed by atoms with E-state index in [4.69, 9.17) is 23.2 Å². The zero-order chi connectivity index (χ0) is 20.8. The molecule has 1 atom stereocenters. The Morgan fingerprint density at radius 2 is 1.97 bits per heavy atom. The maximum Gasteiger partial charge on any atom is 0.228 e. The van der Waals surface area contributed by atoms with Gasteiger partial charge in [-0.2, -0.15) is 0 Å². The molecule has 5 nitrogen and oxygen atoms in total. The zero-order valence-corrected chi connectivity index (χ0v) is 18.2. The molecule has 4 aromatic rings. The molecular weight excluding hydrogens is 439 g/mol. The number of fused-ring (bicyclic) bond motifs is 4. The molecule has 1 unspecified atom stereocenters. The number of nitrogens with zero attached hydrogens (tertiary/aromatic N) is 2.